The first-order chi connectivity index (χ1) is 9.73. The summed E-state index contributed by atoms with van der Waals surface area (Å²) in [4.78, 5) is 1.46. The van der Waals surface area contributed by atoms with Crippen LogP contribution in [0.1, 0.15) is 31.9 Å². The molecule has 0 aliphatic rings. The number of nitrogens with one attached hydrogen (secondary N) is 1. The monoisotopic (exact) mass is 366 g/mol. The van der Waals surface area contributed by atoms with Gasteiger partial charge < -0.3 is 5.32 Å². The lowest BCUT2D eigenvalue weighted by Crippen LogP contribution is -2.40. The Balaban J connectivity index is 2.65. The van der Waals surface area contributed by atoms with E-state index >= 15 is 0 Å². The van der Waals surface area contributed by atoms with Crippen LogP contribution in [0.4, 0.5) is 13.2 Å². The lowest BCUT2D eigenvalue weighted by Gasteiger charge is -2.29. The van der Waals surface area contributed by atoms with Gasteiger partial charge in [0.25, 0.3) is 0 Å². The van der Waals surface area contributed by atoms with Crippen LogP contribution in [0.15, 0.2) is 28.7 Å². The van der Waals surface area contributed by atoms with E-state index in [1.807, 2.05) is 31.3 Å². The highest BCUT2D eigenvalue weighted by Gasteiger charge is 2.31. The molecule has 0 aromatic heterocycles. The molecule has 1 aromatic carbocycles. The molecule has 6 heteroatoms. The molecule has 1 unspecified atom stereocenters. The Bertz CT molecular complexity index is 418. The quantitative estimate of drug-likeness (QED) is 0.770. The van der Waals surface area contributed by atoms with Crippen LogP contribution in [0.3, 0.4) is 0 Å². The van der Waals surface area contributed by atoms with Gasteiger partial charge in [0.2, 0.25) is 0 Å². The standard InChI is InChI=1S/C15H22BrF3N2/c1-11(2)21(10-15(17,18)19)9-8-14(20-3)12-4-6-13(16)7-5-12/h4-7,11,14,20H,8-10H2,1-3H3. The predicted molar refractivity (Wildman–Crippen MR) is 83.3 cm³/mol. The SMILES string of the molecule is CNC(CCN(CC(F)(F)F)C(C)C)c1ccc(Br)cc1. The van der Waals surface area contributed by atoms with Crippen molar-refractivity contribution in [1.82, 2.24) is 10.2 Å². The van der Waals surface area contributed by atoms with E-state index in [1.54, 1.807) is 13.8 Å². The Morgan fingerprint density at radius 3 is 2.19 bits per heavy atom. The lowest BCUT2D eigenvalue weighted by atomic mass is 10.0. The summed E-state index contributed by atoms with van der Waals surface area (Å²) in [7, 11) is 1.83. The fraction of sp³-hybridized carbons (Fsp3) is 0.600. The second kappa shape index (κ2) is 8.15. The molecule has 2 nitrogen and oxygen atoms in total. The van der Waals surface area contributed by atoms with Crippen LogP contribution < -0.4 is 5.32 Å². The van der Waals surface area contributed by atoms with E-state index < -0.39 is 12.7 Å². The molecule has 1 aromatic rings. The summed E-state index contributed by atoms with van der Waals surface area (Å²) in [6.07, 6.45) is -3.52. The Morgan fingerprint density at radius 1 is 1.19 bits per heavy atom. The van der Waals surface area contributed by atoms with Gasteiger partial charge in [-0.2, -0.15) is 13.2 Å². The number of hydrogen-bond acceptors (Lipinski definition) is 2. The van der Waals surface area contributed by atoms with Gasteiger partial charge in [0, 0.05) is 23.1 Å². The zero-order valence-corrected chi connectivity index (χ0v) is 14.1. The fourth-order valence-corrected chi connectivity index (χ4v) is 2.48. The van der Waals surface area contributed by atoms with E-state index in [2.05, 4.69) is 21.2 Å². The normalized spacial score (nSPS) is 14.0. The second-order valence-corrected chi connectivity index (χ2v) is 6.28. The fourth-order valence-electron chi connectivity index (χ4n) is 2.22. The number of benzene rings is 1. The van der Waals surface area contributed by atoms with Crippen molar-refractivity contribution >= 4 is 15.9 Å². The first kappa shape index (κ1) is 18.5. The molecule has 0 radical (unpaired) electrons. The highest BCUT2D eigenvalue weighted by atomic mass is 79.9. The van der Waals surface area contributed by atoms with E-state index in [9.17, 15) is 13.2 Å². The molecule has 120 valence electrons. The maximum Gasteiger partial charge on any atom is 0.401 e. The summed E-state index contributed by atoms with van der Waals surface area (Å²) >= 11 is 3.38. The van der Waals surface area contributed by atoms with Crippen LogP contribution in [0.5, 0.6) is 0 Å². The Labute approximate surface area is 132 Å². The summed E-state index contributed by atoms with van der Waals surface area (Å²) in [5.74, 6) is 0. The van der Waals surface area contributed by atoms with E-state index in [0.717, 1.165) is 10.0 Å². The number of nitrogens with zero attached hydrogens (tertiary/aromatic N) is 1. The third-order valence-corrected chi connectivity index (χ3v) is 3.97. The molecule has 0 heterocycles. The molecule has 1 atom stereocenters. The minimum Gasteiger partial charge on any atom is -0.313 e. The predicted octanol–water partition coefficient (Wildman–Crippen LogP) is 4.37. The topological polar surface area (TPSA) is 15.3 Å². The van der Waals surface area contributed by atoms with Crippen molar-refractivity contribution in [3.05, 3.63) is 34.3 Å². The second-order valence-electron chi connectivity index (χ2n) is 5.36. The van der Waals surface area contributed by atoms with Crippen molar-refractivity contribution in [3.8, 4) is 0 Å². The first-order valence-electron chi connectivity index (χ1n) is 6.96. The molecular formula is C15H22BrF3N2. The summed E-state index contributed by atoms with van der Waals surface area (Å²) in [5, 5.41) is 3.17. The molecule has 21 heavy (non-hydrogen) atoms. The number of halogens is 4. The van der Waals surface area contributed by atoms with Gasteiger partial charge in [-0.05, 0) is 45.0 Å². The zero-order valence-electron chi connectivity index (χ0n) is 12.5. The maximum absolute atomic E-state index is 12.6. The molecule has 0 spiro atoms. The van der Waals surface area contributed by atoms with Crippen LogP contribution in [0.25, 0.3) is 0 Å². The van der Waals surface area contributed by atoms with Gasteiger partial charge in [-0.25, -0.2) is 0 Å². The van der Waals surface area contributed by atoms with Gasteiger partial charge in [-0.3, -0.25) is 4.90 Å². The van der Waals surface area contributed by atoms with Crippen LogP contribution >= 0.6 is 15.9 Å². The maximum atomic E-state index is 12.6. The van der Waals surface area contributed by atoms with Crippen molar-refractivity contribution < 1.29 is 13.2 Å². The largest absolute Gasteiger partial charge is 0.401 e. The number of rotatable bonds is 7. The van der Waals surface area contributed by atoms with Gasteiger partial charge in [0.05, 0.1) is 6.54 Å². The van der Waals surface area contributed by atoms with Gasteiger partial charge in [0.15, 0.2) is 0 Å². The average molecular weight is 367 g/mol. The van der Waals surface area contributed by atoms with Crippen molar-refractivity contribution in [1.29, 1.82) is 0 Å². The smallest absolute Gasteiger partial charge is 0.313 e. The Morgan fingerprint density at radius 2 is 1.76 bits per heavy atom. The van der Waals surface area contributed by atoms with E-state index in [-0.39, 0.29) is 12.1 Å². The summed E-state index contributed by atoms with van der Waals surface area (Å²) in [6.45, 7) is 3.12. The van der Waals surface area contributed by atoms with Crippen LogP contribution in [-0.4, -0.2) is 37.3 Å². The highest BCUT2D eigenvalue weighted by Crippen LogP contribution is 2.22. The third-order valence-electron chi connectivity index (χ3n) is 3.44. The Kier molecular flexibility index (Phi) is 7.16. The molecule has 0 saturated carbocycles. The first-order valence-corrected chi connectivity index (χ1v) is 7.75. The molecule has 0 amide bonds. The molecule has 0 fully saturated rings. The van der Waals surface area contributed by atoms with Gasteiger partial charge in [-0.1, -0.05) is 28.1 Å². The van der Waals surface area contributed by atoms with E-state index in [0.29, 0.717) is 13.0 Å². The molecule has 0 aliphatic heterocycles. The minimum atomic E-state index is -4.16. The minimum absolute atomic E-state index is 0.0487. The summed E-state index contributed by atoms with van der Waals surface area (Å²) < 4.78 is 38.7. The van der Waals surface area contributed by atoms with Gasteiger partial charge >= 0.3 is 6.18 Å². The van der Waals surface area contributed by atoms with Crippen LogP contribution in [0.2, 0.25) is 0 Å². The van der Waals surface area contributed by atoms with E-state index in [1.165, 1.54) is 4.90 Å². The molecular weight excluding hydrogens is 345 g/mol. The Hall–Kier alpha value is -0.590. The van der Waals surface area contributed by atoms with Gasteiger partial charge in [-0.15, -0.1) is 0 Å². The molecule has 1 N–H and O–H groups in total. The third kappa shape index (κ3) is 6.80. The van der Waals surface area contributed by atoms with Crippen LogP contribution in [-0.2, 0) is 0 Å². The van der Waals surface area contributed by atoms with Crippen molar-refractivity contribution in [3.63, 3.8) is 0 Å². The van der Waals surface area contributed by atoms with Crippen molar-refractivity contribution in [2.24, 2.45) is 0 Å². The summed E-state index contributed by atoms with van der Waals surface area (Å²) in [6, 6.07) is 7.76. The number of alkyl halides is 3. The summed E-state index contributed by atoms with van der Waals surface area (Å²) in [5.41, 5.74) is 1.08. The highest BCUT2D eigenvalue weighted by molar-refractivity contribution is 9.10. The molecule has 0 saturated heterocycles. The lowest BCUT2D eigenvalue weighted by molar-refractivity contribution is -0.149. The van der Waals surface area contributed by atoms with E-state index in [4.69, 9.17) is 0 Å². The van der Waals surface area contributed by atoms with Crippen molar-refractivity contribution in [2.75, 3.05) is 20.1 Å². The molecule has 0 bridgehead atoms. The molecule has 0 aliphatic carbocycles. The molecule has 1 rings (SSSR count). The van der Waals surface area contributed by atoms with Crippen molar-refractivity contribution in [2.45, 2.75) is 38.5 Å². The van der Waals surface area contributed by atoms with Gasteiger partial charge in [0.1, 0.15) is 0 Å². The van der Waals surface area contributed by atoms with Crippen LogP contribution in [0, 0.1) is 0 Å². The average Bonchev–Trinajstić information content (AvgIpc) is 2.38. The number of hydrogen-bond donors (Lipinski definition) is 1. The zero-order chi connectivity index (χ0) is 16.0.